The Morgan fingerprint density at radius 3 is 1.31 bits per heavy atom. The van der Waals surface area contributed by atoms with Crippen LogP contribution >= 0.6 is 0 Å². The van der Waals surface area contributed by atoms with E-state index in [1.54, 1.807) is 67.9 Å². The number of para-hydroxylation sites is 1. The van der Waals surface area contributed by atoms with Gasteiger partial charge in [-0.25, -0.2) is 29.9 Å². The van der Waals surface area contributed by atoms with Gasteiger partial charge in [-0.15, -0.1) is 0 Å². The lowest BCUT2D eigenvalue weighted by molar-refractivity contribution is 0.0939. The van der Waals surface area contributed by atoms with Crippen LogP contribution in [-0.2, 0) is 6.54 Å². The Hall–Kier alpha value is -11.6. The molecule has 0 saturated carbocycles. The highest BCUT2D eigenvalue weighted by molar-refractivity contribution is 6.06. The maximum Gasteiger partial charge on any atom is 0.255 e. The Bertz CT molecular complexity index is 4420. The minimum atomic E-state index is -0.175. The number of hydrogen-bond acceptors (Lipinski definition) is 19. The van der Waals surface area contributed by atoms with Gasteiger partial charge in [0.1, 0.15) is 0 Å². The number of anilines is 8. The van der Waals surface area contributed by atoms with Crippen molar-refractivity contribution in [2.45, 2.75) is 81.2 Å². The number of pyridine rings is 3. The number of nitrogens with zero attached hydrogens (tertiary/aromatic N) is 13. The van der Waals surface area contributed by atoms with Crippen molar-refractivity contribution in [2.75, 3.05) is 106 Å². The molecule has 13 rings (SSSR count). The summed E-state index contributed by atoms with van der Waals surface area (Å²) in [6.45, 7) is 27.7. The van der Waals surface area contributed by atoms with Crippen LogP contribution in [0, 0.1) is 13.8 Å². The fourth-order valence-electron chi connectivity index (χ4n) is 10.6. The van der Waals surface area contributed by atoms with E-state index in [9.17, 15) is 14.4 Å². The molecule has 550 valence electrons. The zero-order valence-corrected chi connectivity index (χ0v) is 62.8. The van der Waals surface area contributed by atoms with Gasteiger partial charge in [0, 0.05) is 190 Å². The van der Waals surface area contributed by atoms with Crippen molar-refractivity contribution in [1.82, 2.24) is 69.8 Å². The quantitative estimate of drug-likeness (QED) is 0.0440. The number of carbonyl (C=O) groups excluding carboxylic acids is 3. The van der Waals surface area contributed by atoms with E-state index in [4.69, 9.17) is 0 Å². The topological polar surface area (TPSA) is 252 Å². The summed E-state index contributed by atoms with van der Waals surface area (Å²) in [5.41, 5.74) is 14.0. The molecule has 22 nitrogen and oxygen atoms in total. The van der Waals surface area contributed by atoms with Crippen LogP contribution in [0.15, 0.2) is 226 Å². The van der Waals surface area contributed by atoms with Crippen LogP contribution in [0.25, 0.3) is 33.8 Å². The average Bonchev–Trinajstić information content (AvgIpc) is 0.836. The summed E-state index contributed by atoms with van der Waals surface area (Å²) < 4.78 is 0. The Balaban J connectivity index is 0.000000191. The van der Waals surface area contributed by atoms with Gasteiger partial charge in [0.25, 0.3) is 17.7 Å². The third-order valence-corrected chi connectivity index (χ3v) is 16.3. The number of hydrogen-bond donors (Lipinski definition) is 6. The molecule has 22 heteroatoms. The van der Waals surface area contributed by atoms with E-state index in [1.165, 1.54) is 24.8 Å². The molecule has 6 aromatic heterocycles. The van der Waals surface area contributed by atoms with Crippen molar-refractivity contribution in [3.63, 3.8) is 0 Å². The van der Waals surface area contributed by atoms with Crippen molar-refractivity contribution >= 4 is 64.0 Å². The van der Waals surface area contributed by atoms with Crippen LogP contribution in [0.1, 0.15) is 109 Å². The number of aromatic nitrogens is 9. The van der Waals surface area contributed by atoms with Crippen molar-refractivity contribution in [2.24, 2.45) is 0 Å². The molecule has 2 aliphatic heterocycles. The zero-order valence-electron chi connectivity index (χ0n) is 62.8. The first-order valence-electron chi connectivity index (χ1n) is 36.3. The molecule has 11 aromatic rings. The first kappa shape index (κ1) is 80.1. The maximum atomic E-state index is 13.0. The highest BCUT2D eigenvalue weighted by Crippen LogP contribution is 2.27. The number of carbonyl (C=O) groups is 3. The molecule has 5 aromatic carbocycles. The smallest absolute Gasteiger partial charge is 0.255 e. The summed E-state index contributed by atoms with van der Waals surface area (Å²) in [7, 11) is 4.30. The Morgan fingerprint density at radius 1 is 0.387 bits per heavy atom. The van der Waals surface area contributed by atoms with E-state index in [0.29, 0.717) is 41.1 Å². The summed E-state index contributed by atoms with van der Waals surface area (Å²) in [5, 5.41) is 18.6. The lowest BCUT2D eigenvalue weighted by Crippen LogP contribution is -2.46. The van der Waals surface area contributed by atoms with Crippen molar-refractivity contribution in [3.8, 4) is 33.8 Å². The van der Waals surface area contributed by atoms with Crippen LogP contribution in [0.5, 0.6) is 0 Å². The standard InChI is InChI=1S/C29H31N7O.C23H27N7O.C23H19N5O.3C3H8/c1-21-5-8-23(18-27(21)34-29-31-13-11-26(33-29)24-4-3-12-30-19-24)28(37)32-25-9-6-22(7-10-25)20-36-16-14-35(2)15-17-36;1-29-13-15-30(16-14-29)12-11-25-22(31)19-3-2-4-20(17-19)27-23-26-10-7-21(28-23)18-5-8-24-9-6-18;1-16-7-8-18(22(29)26-19-5-3-2-4-6-19)15-21(16)28-23-25-14-11-20(27-23)17-9-12-24-13-10-17;3*1-3-2/h3-13,18-19H,14-17,20H2,1-2H3,(H,32,37)(H,31,33,34);2-10,17H,11-16H2,1H3,(H,25,31)(H,26,27,28);2-15H,1H3,(H,26,29)(H,25,27,28);3*3H2,1-2H3. The molecule has 0 radical (unpaired) electrons. The summed E-state index contributed by atoms with van der Waals surface area (Å²) in [6, 6.07) is 52.9. The van der Waals surface area contributed by atoms with Gasteiger partial charge in [0.2, 0.25) is 17.8 Å². The molecule has 0 aliphatic carbocycles. The van der Waals surface area contributed by atoms with Crippen molar-refractivity contribution < 1.29 is 14.4 Å². The molecule has 3 amide bonds. The molecule has 2 aliphatic rings. The summed E-state index contributed by atoms with van der Waals surface area (Å²) in [6.07, 6.45) is 19.3. The van der Waals surface area contributed by atoms with Gasteiger partial charge in [0.15, 0.2) is 0 Å². The minimum Gasteiger partial charge on any atom is -0.351 e. The molecule has 0 unspecified atom stereocenters. The predicted octanol–water partition coefficient (Wildman–Crippen LogP) is 15.9. The molecule has 8 heterocycles. The predicted molar refractivity (Wildman–Crippen MR) is 430 cm³/mol. The molecule has 2 fully saturated rings. The lowest BCUT2D eigenvalue weighted by atomic mass is 10.1. The van der Waals surface area contributed by atoms with Gasteiger partial charge < -0.3 is 41.7 Å². The number of rotatable bonds is 19. The highest BCUT2D eigenvalue weighted by atomic mass is 16.2. The summed E-state index contributed by atoms with van der Waals surface area (Å²) in [4.78, 5) is 86.6. The SMILES string of the molecule is CCC.CCC.CCC.CN1CCN(CCNC(=O)c2cccc(Nc3nccc(-c4ccncc4)n3)c2)CC1.Cc1ccc(C(=O)Nc2ccc(CN3CCN(C)CC3)cc2)cc1Nc1nccc(-c2cccnc2)n1.Cc1ccc(C(=O)Nc2ccccc2)cc1Nc1nccc(-c2ccncc2)n1. The van der Waals surface area contributed by atoms with E-state index >= 15 is 0 Å². The van der Waals surface area contributed by atoms with Gasteiger partial charge in [0.05, 0.1) is 17.1 Å². The molecule has 2 saturated heterocycles. The molecule has 0 bridgehead atoms. The van der Waals surface area contributed by atoms with Crippen LogP contribution < -0.4 is 31.9 Å². The summed E-state index contributed by atoms with van der Waals surface area (Å²) >= 11 is 0. The first-order valence-corrected chi connectivity index (χ1v) is 36.3. The van der Waals surface area contributed by atoms with Gasteiger partial charge in [-0.3, -0.25) is 39.1 Å². The Kier molecular flexibility index (Phi) is 32.9. The van der Waals surface area contributed by atoms with Crippen LogP contribution in [0.3, 0.4) is 0 Å². The maximum absolute atomic E-state index is 13.0. The van der Waals surface area contributed by atoms with Crippen LogP contribution in [-0.4, -0.2) is 162 Å². The van der Waals surface area contributed by atoms with Gasteiger partial charge >= 0.3 is 0 Å². The molecule has 106 heavy (non-hydrogen) atoms. The molecular formula is C84H101N19O3. The summed E-state index contributed by atoms with van der Waals surface area (Å²) in [5.74, 6) is 0.970. The number of amides is 3. The zero-order chi connectivity index (χ0) is 75.3. The third kappa shape index (κ3) is 26.6. The van der Waals surface area contributed by atoms with Crippen molar-refractivity contribution in [1.29, 1.82) is 0 Å². The van der Waals surface area contributed by atoms with E-state index < -0.39 is 0 Å². The number of piperazine rings is 2. The van der Waals surface area contributed by atoms with E-state index in [-0.39, 0.29) is 17.7 Å². The van der Waals surface area contributed by atoms with Crippen molar-refractivity contribution in [3.05, 3.63) is 259 Å². The lowest BCUT2D eigenvalue weighted by Gasteiger charge is -2.32. The van der Waals surface area contributed by atoms with E-state index in [0.717, 1.165) is 139 Å². The van der Waals surface area contributed by atoms with Crippen LogP contribution in [0.2, 0.25) is 0 Å². The highest BCUT2D eigenvalue weighted by Gasteiger charge is 2.18. The Morgan fingerprint density at radius 2 is 0.830 bits per heavy atom. The molecule has 6 N–H and O–H groups in total. The normalized spacial score (nSPS) is 12.7. The molecular weight excluding hydrogens is 1320 g/mol. The largest absolute Gasteiger partial charge is 0.351 e. The second-order valence-corrected chi connectivity index (χ2v) is 25.6. The fourth-order valence-corrected chi connectivity index (χ4v) is 10.6. The van der Waals surface area contributed by atoms with Gasteiger partial charge in [-0.1, -0.05) is 109 Å². The average molecular weight is 1420 g/mol. The molecule has 0 atom stereocenters. The Labute approximate surface area is 625 Å². The number of benzene rings is 5. The van der Waals surface area contributed by atoms with Gasteiger partial charge in [-0.05, 0) is 166 Å². The molecule has 0 spiro atoms. The second-order valence-electron chi connectivity index (χ2n) is 25.6. The minimum absolute atomic E-state index is 0.0794. The number of likely N-dealkylation sites (N-methyl/N-ethyl adjacent to an activating group) is 2. The first-order chi connectivity index (χ1) is 51.6. The van der Waals surface area contributed by atoms with E-state index in [1.807, 2.05) is 159 Å². The van der Waals surface area contributed by atoms with Crippen LogP contribution in [0.4, 0.5) is 46.3 Å². The number of aryl methyl sites for hydroxylation is 2. The third-order valence-electron chi connectivity index (χ3n) is 16.3. The number of nitrogens with one attached hydrogen (secondary N) is 6. The second kappa shape index (κ2) is 43.5. The fraction of sp³-hybridized carbons (Fsp3) is 0.286. The van der Waals surface area contributed by atoms with Gasteiger partial charge in [-0.2, -0.15) is 0 Å². The van der Waals surface area contributed by atoms with E-state index in [2.05, 4.69) is 164 Å². The monoisotopic (exact) mass is 1420 g/mol.